The molecule has 0 bridgehead atoms. The Hall–Kier alpha value is -0.870. The lowest BCUT2D eigenvalue weighted by molar-refractivity contribution is 0.0962. The first-order valence-corrected chi connectivity index (χ1v) is 5.71. The first kappa shape index (κ1) is 10.6. The predicted molar refractivity (Wildman–Crippen MR) is 58.6 cm³/mol. The predicted octanol–water partition coefficient (Wildman–Crippen LogP) is 1.17. The molecular weight excluding hydrogens is 190 g/mol. The zero-order valence-electron chi connectivity index (χ0n) is 9.28. The first-order chi connectivity index (χ1) is 7.40. The molecule has 84 valence electrons. The number of rotatable bonds is 5. The lowest BCUT2D eigenvalue weighted by atomic mass is 10.2. The lowest BCUT2D eigenvalue weighted by Gasteiger charge is -2.13. The molecule has 1 aliphatic heterocycles. The van der Waals surface area contributed by atoms with Gasteiger partial charge in [0.15, 0.2) is 0 Å². The summed E-state index contributed by atoms with van der Waals surface area (Å²) in [5, 5.41) is 3.31. The molecule has 1 N–H and O–H groups in total. The number of aromatic nitrogens is 2. The van der Waals surface area contributed by atoms with Crippen molar-refractivity contribution in [3.05, 3.63) is 18.2 Å². The van der Waals surface area contributed by atoms with E-state index in [-0.39, 0.29) is 0 Å². The molecule has 0 aliphatic carbocycles. The van der Waals surface area contributed by atoms with Crippen molar-refractivity contribution in [1.82, 2.24) is 14.9 Å². The van der Waals surface area contributed by atoms with Gasteiger partial charge in [-0.25, -0.2) is 4.98 Å². The van der Waals surface area contributed by atoms with Crippen LogP contribution in [-0.2, 0) is 17.8 Å². The van der Waals surface area contributed by atoms with Crippen LogP contribution in [0.25, 0.3) is 0 Å². The second kappa shape index (κ2) is 5.28. The number of ether oxygens (including phenoxy) is 1. The van der Waals surface area contributed by atoms with Crippen LogP contribution in [0.15, 0.2) is 12.5 Å². The van der Waals surface area contributed by atoms with Crippen LogP contribution in [0.2, 0.25) is 0 Å². The van der Waals surface area contributed by atoms with Crippen LogP contribution in [0.5, 0.6) is 0 Å². The molecule has 4 nitrogen and oxygen atoms in total. The number of nitrogens with zero attached hydrogens (tertiary/aromatic N) is 2. The van der Waals surface area contributed by atoms with Gasteiger partial charge in [-0.2, -0.15) is 0 Å². The molecule has 1 aromatic heterocycles. The van der Waals surface area contributed by atoms with Gasteiger partial charge >= 0.3 is 0 Å². The summed E-state index contributed by atoms with van der Waals surface area (Å²) in [5.41, 5.74) is 1.24. The maximum absolute atomic E-state index is 5.62. The molecule has 15 heavy (non-hydrogen) atoms. The van der Waals surface area contributed by atoms with Crippen molar-refractivity contribution in [3.8, 4) is 0 Å². The standard InChI is InChI=1S/C11H19N3O/c1-2-12-6-10-7-13-9-14(10)8-11-4-3-5-15-11/h7,9,11-12H,2-6,8H2,1H3. The van der Waals surface area contributed by atoms with Crippen molar-refractivity contribution in [2.45, 2.75) is 39.0 Å². The van der Waals surface area contributed by atoms with Crippen LogP contribution in [0.4, 0.5) is 0 Å². The molecule has 1 aliphatic rings. The van der Waals surface area contributed by atoms with E-state index < -0.39 is 0 Å². The van der Waals surface area contributed by atoms with Crippen LogP contribution in [0.1, 0.15) is 25.5 Å². The Balaban J connectivity index is 1.91. The average Bonchev–Trinajstić information content (AvgIpc) is 2.87. The molecule has 0 amide bonds. The fourth-order valence-electron chi connectivity index (χ4n) is 1.92. The molecule has 4 heteroatoms. The second-order valence-electron chi connectivity index (χ2n) is 3.95. The molecule has 1 aromatic rings. The van der Waals surface area contributed by atoms with Crippen LogP contribution < -0.4 is 5.32 Å². The molecule has 0 radical (unpaired) electrons. The number of hydrogen-bond donors (Lipinski definition) is 1. The second-order valence-corrected chi connectivity index (χ2v) is 3.95. The Morgan fingerprint density at radius 3 is 3.33 bits per heavy atom. The highest BCUT2D eigenvalue weighted by molar-refractivity contribution is 4.98. The van der Waals surface area contributed by atoms with Gasteiger partial charge in [0.2, 0.25) is 0 Å². The molecular formula is C11H19N3O. The summed E-state index contributed by atoms with van der Waals surface area (Å²) in [6.45, 7) is 5.86. The van der Waals surface area contributed by atoms with Gasteiger partial charge in [-0.05, 0) is 19.4 Å². The van der Waals surface area contributed by atoms with E-state index in [0.29, 0.717) is 6.10 Å². The third-order valence-corrected chi connectivity index (χ3v) is 2.78. The van der Waals surface area contributed by atoms with Crippen LogP contribution in [0, 0.1) is 0 Å². The lowest BCUT2D eigenvalue weighted by Crippen LogP contribution is -2.19. The normalized spacial score (nSPS) is 21.0. The van der Waals surface area contributed by atoms with Crippen molar-refractivity contribution in [2.75, 3.05) is 13.2 Å². The van der Waals surface area contributed by atoms with E-state index in [1.54, 1.807) is 0 Å². The third kappa shape index (κ3) is 2.79. The van der Waals surface area contributed by atoms with Gasteiger partial charge in [-0.15, -0.1) is 0 Å². The quantitative estimate of drug-likeness (QED) is 0.791. The summed E-state index contributed by atoms with van der Waals surface area (Å²) in [6.07, 6.45) is 6.59. The maximum atomic E-state index is 5.62. The fraction of sp³-hybridized carbons (Fsp3) is 0.727. The molecule has 2 heterocycles. The molecule has 1 fully saturated rings. The van der Waals surface area contributed by atoms with E-state index in [1.807, 2.05) is 12.5 Å². The Morgan fingerprint density at radius 1 is 1.67 bits per heavy atom. The Labute approximate surface area is 90.6 Å². The Bertz CT molecular complexity index is 292. The van der Waals surface area contributed by atoms with Crippen LogP contribution in [0.3, 0.4) is 0 Å². The van der Waals surface area contributed by atoms with Gasteiger partial charge in [-0.1, -0.05) is 6.92 Å². The van der Waals surface area contributed by atoms with Gasteiger partial charge in [-0.3, -0.25) is 0 Å². The maximum Gasteiger partial charge on any atom is 0.0949 e. The van der Waals surface area contributed by atoms with Crippen LogP contribution in [-0.4, -0.2) is 28.8 Å². The molecule has 1 atom stereocenters. The minimum Gasteiger partial charge on any atom is -0.376 e. The zero-order valence-corrected chi connectivity index (χ0v) is 9.28. The topological polar surface area (TPSA) is 39.1 Å². The Kier molecular flexibility index (Phi) is 3.75. The van der Waals surface area contributed by atoms with Crippen molar-refractivity contribution < 1.29 is 4.74 Å². The monoisotopic (exact) mass is 209 g/mol. The average molecular weight is 209 g/mol. The molecule has 0 aromatic carbocycles. The summed E-state index contributed by atoms with van der Waals surface area (Å²) in [6, 6.07) is 0. The summed E-state index contributed by atoms with van der Waals surface area (Å²) < 4.78 is 7.81. The van der Waals surface area contributed by atoms with Crippen molar-refractivity contribution in [3.63, 3.8) is 0 Å². The number of hydrogen-bond acceptors (Lipinski definition) is 3. The molecule has 0 spiro atoms. The van der Waals surface area contributed by atoms with Gasteiger partial charge < -0.3 is 14.6 Å². The summed E-state index contributed by atoms with van der Waals surface area (Å²) in [7, 11) is 0. The van der Waals surface area contributed by atoms with E-state index in [2.05, 4.69) is 21.8 Å². The van der Waals surface area contributed by atoms with E-state index in [9.17, 15) is 0 Å². The summed E-state index contributed by atoms with van der Waals surface area (Å²) in [5.74, 6) is 0. The Morgan fingerprint density at radius 2 is 2.60 bits per heavy atom. The van der Waals surface area contributed by atoms with E-state index in [1.165, 1.54) is 18.5 Å². The highest BCUT2D eigenvalue weighted by Gasteiger charge is 2.16. The van der Waals surface area contributed by atoms with Crippen molar-refractivity contribution >= 4 is 0 Å². The third-order valence-electron chi connectivity index (χ3n) is 2.78. The van der Waals surface area contributed by atoms with E-state index >= 15 is 0 Å². The fourth-order valence-corrected chi connectivity index (χ4v) is 1.92. The van der Waals surface area contributed by atoms with E-state index in [4.69, 9.17) is 4.74 Å². The minimum absolute atomic E-state index is 0.388. The first-order valence-electron chi connectivity index (χ1n) is 5.71. The minimum atomic E-state index is 0.388. The van der Waals surface area contributed by atoms with Crippen molar-refractivity contribution in [1.29, 1.82) is 0 Å². The van der Waals surface area contributed by atoms with Gasteiger partial charge in [0.05, 0.1) is 24.7 Å². The highest BCUT2D eigenvalue weighted by Crippen LogP contribution is 2.14. The molecule has 1 saturated heterocycles. The molecule has 2 rings (SSSR count). The number of imidazole rings is 1. The SMILES string of the molecule is CCNCc1cncn1CC1CCCO1. The van der Waals surface area contributed by atoms with Crippen molar-refractivity contribution in [2.24, 2.45) is 0 Å². The largest absolute Gasteiger partial charge is 0.376 e. The van der Waals surface area contributed by atoms with E-state index in [0.717, 1.165) is 26.2 Å². The smallest absolute Gasteiger partial charge is 0.0949 e. The zero-order chi connectivity index (χ0) is 10.5. The van der Waals surface area contributed by atoms with Gasteiger partial charge in [0.1, 0.15) is 0 Å². The molecule has 0 saturated carbocycles. The summed E-state index contributed by atoms with van der Waals surface area (Å²) >= 11 is 0. The highest BCUT2D eigenvalue weighted by atomic mass is 16.5. The van der Waals surface area contributed by atoms with Gasteiger partial charge in [0.25, 0.3) is 0 Å². The molecule has 1 unspecified atom stereocenters. The summed E-state index contributed by atoms with van der Waals surface area (Å²) in [4.78, 5) is 4.18. The number of nitrogens with one attached hydrogen (secondary N) is 1. The van der Waals surface area contributed by atoms with Crippen LogP contribution >= 0.6 is 0 Å². The van der Waals surface area contributed by atoms with Gasteiger partial charge in [0, 0.05) is 19.3 Å².